The summed E-state index contributed by atoms with van der Waals surface area (Å²) in [4.78, 5) is 41.7. The van der Waals surface area contributed by atoms with Crippen LogP contribution in [0.3, 0.4) is 0 Å². The fraction of sp³-hybridized carbons (Fsp3) is 0.440. The summed E-state index contributed by atoms with van der Waals surface area (Å²) in [6, 6.07) is 9.73. The van der Waals surface area contributed by atoms with E-state index in [0.29, 0.717) is 29.2 Å². The standard InChI is InChI=1S/C25H30N4O2.ClH/c1-5-29(6-2)14-10-13-17-19-18(15-26-25(3,4)23(19)31)20-21(22(17)30)28-24(27-20)16-11-8-7-9-12-16;/h7-9,11-12,15,17H,5-6,10,13-14H2,1-4H3,(H,27,28);1H. The van der Waals surface area contributed by atoms with Crippen LogP contribution in [0.1, 0.15) is 56.7 Å². The molecule has 1 unspecified atom stereocenters. The van der Waals surface area contributed by atoms with Crippen LogP contribution in [-0.4, -0.2) is 57.8 Å². The largest absolute Gasteiger partial charge is 0.337 e. The molecule has 0 saturated heterocycles. The van der Waals surface area contributed by atoms with E-state index in [2.05, 4.69) is 33.7 Å². The Hall–Kier alpha value is -2.57. The van der Waals surface area contributed by atoms with Gasteiger partial charge in [0.2, 0.25) is 0 Å². The Kier molecular flexibility index (Phi) is 7.16. The minimum absolute atomic E-state index is 0. The summed E-state index contributed by atoms with van der Waals surface area (Å²) in [7, 11) is 0. The number of halogens is 1. The molecule has 2 heterocycles. The number of H-pyrrole nitrogens is 1. The molecule has 7 heteroatoms. The van der Waals surface area contributed by atoms with Crippen LogP contribution in [0.25, 0.3) is 17.0 Å². The van der Waals surface area contributed by atoms with E-state index in [4.69, 9.17) is 0 Å². The van der Waals surface area contributed by atoms with E-state index in [-0.39, 0.29) is 24.0 Å². The molecule has 1 aliphatic carbocycles. The molecule has 2 aromatic rings. The molecule has 1 N–H and O–H groups in total. The number of Topliss-reactive ketones (excluding diaryl/α,β-unsaturated/α-hetero) is 2. The average Bonchev–Trinajstić information content (AvgIpc) is 3.22. The third kappa shape index (κ3) is 4.21. The summed E-state index contributed by atoms with van der Waals surface area (Å²) < 4.78 is 0. The second-order valence-electron chi connectivity index (χ2n) is 8.73. The van der Waals surface area contributed by atoms with Crippen molar-refractivity contribution < 1.29 is 9.59 Å². The van der Waals surface area contributed by atoms with Gasteiger partial charge in [-0.15, -0.1) is 12.4 Å². The quantitative estimate of drug-likeness (QED) is 0.662. The molecule has 4 rings (SSSR count). The molecular formula is C25H31ClN4O2. The van der Waals surface area contributed by atoms with Crippen molar-refractivity contribution in [2.75, 3.05) is 19.6 Å². The lowest BCUT2D eigenvalue weighted by Gasteiger charge is -2.32. The molecule has 1 aromatic carbocycles. The third-order valence-corrected chi connectivity index (χ3v) is 6.39. The van der Waals surface area contributed by atoms with E-state index in [0.717, 1.165) is 37.2 Å². The van der Waals surface area contributed by atoms with Gasteiger partial charge in [-0.1, -0.05) is 44.2 Å². The summed E-state index contributed by atoms with van der Waals surface area (Å²) in [6.45, 7) is 10.8. The number of ketones is 2. The minimum Gasteiger partial charge on any atom is -0.337 e. The maximum atomic E-state index is 13.6. The highest BCUT2D eigenvalue weighted by Crippen LogP contribution is 2.41. The van der Waals surface area contributed by atoms with Crippen molar-refractivity contribution >= 4 is 35.8 Å². The first-order valence-corrected chi connectivity index (χ1v) is 11.1. The number of aromatic nitrogens is 2. The summed E-state index contributed by atoms with van der Waals surface area (Å²) in [5.74, 6) is 0.0441. The minimum atomic E-state index is -0.851. The SMILES string of the molecule is CCN(CC)CCCC1C(=O)c2nc(-c3ccccc3)[nH]c2C2=C1C(=O)C(C)(C)N=C2.Cl. The molecule has 170 valence electrons. The molecule has 6 nitrogen and oxygen atoms in total. The normalized spacial score (nSPS) is 19.1. The zero-order valence-corrected chi connectivity index (χ0v) is 20.0. The molecule has 0 spiro atoms. The second-order valence-corrected chi connectivity index (χ2v) is 8.73. The van der Waals surface area contributed by atoms with Crippen molar-refractivity contribution in [1.82, 2.24) is 14.9 Å². The highest BCUT2D eigenvalue weighted by molar-refractivity contribution is 6.30. The van der Waals surface area contributed by atoms with Crippen molar-refractivity contribution in [2.45, 2.75) is 46.1 Å². The van der Waals surface area contributed by atoms with Gasteiger partial charge in [0, 0.05) is 22.9 Å². The van der Waals surface area contributed by atoms with E-state index in [1.807, 2.05) is 44.2 Å². The topological polar surface area (TPSA) is 78.4 Å². The number of aromatic amines is 1. The molecule has 2 aliphatic rings. The van der Waals surface area contributed by atoms with Gasteiger partial charge in [-0.05, 0) is 46.3 Å². The van der Waals surface area contributed by atoms with Crippen LogP contribution < -0.4 is 0 Å². The maximum absolute atomic E-state index is 13.6. The molecular weight excluding hydrogens is 424 g/mol. The van der Waals surface area contributed by atoms with Crippen LogP contribution in [0.15, 0.2) is 40.9 Å². The number of hydrogen-bond acceptors (Lipinski definition) is 5. The number of fused-ring (bicyclic) bond motifs is 2. The fourth-order valence-corrected chi connectivity index (χ4v) is 4.46. The van der Waals surface area contributed by atoms with Crippen molar-refractivity contribution in [3.05, 3.63) is 47.3 Å². The molecule has 32 heavy (non-hydrogen) atoms. The molecule has 1 atom stereocenters. The van der Waals surface area contributed by atoms with Gasteiger partial charge in [0.15, 0.2) is 11.6 Å². The Bertz CT molecular complexity index is 1060. The van der Waals surface area contributed by atoms with Gasteiger partial charge in [0.05, 0.1) is 11.6 Å². The number of carbonyl (C=O) groups excluding carboxylic acids is 2. The number of nitrogens with one attached hydrogen (secondary N) is 1. The van der Waals surface area contributed by atoms with Crippen LogP contribution in [0.5, 0.6) is 0 Å². The van der Waals surface area contributed by atoms with Crippen LogP contribution in [0, 0.1) is 5.92 Å². The lowest BCUT2D eigenvalue weighted by atomic mass is 9.73. The molecule has 0 amide bonds. The zero-order chi connectivity index (χ0) is 22.2. The van der Waals surface area contributed by atoms with Crippen LogP contribution in [0.2, 0.25) is 0 Å². The van der Waals surface area contributed by atoms with Crippen molar-refractivity contribution in [3.8, 4) is 11.4 Å². The van der Waals surface area contributed by atoms with Crippen LogP contribution in [0.4, 0.5) is 0 Å². The van der Waals surface area contributed by atoms with Crippen molar-refractivity contribution in [1.29, 1.82) is 0 Å². The number of rotatable bonds is 7. The van der Waals surface area contributed by atoms with Gasteiger partial charge in [0.1, 0.15) is 17.1 Å². The first-order valence-electron chi connectivity index (χ1n) is 11.1. The summed E-state index contributed by atoms with van der Waals surface area (Å²) in [5, 5.41) is 0. The summed E-state index contributed by atoms with van der Waals surface area (Å²) in [6.07, 6.45) is 3.24. The Morgan fingerprint density at radius 1 is 1.09 bits per heavy atom. The van der Waals surface area contributed by atoms with Gasteiger partial charge >= 0.3 is 0 Å². The van der Waals surface area contributed by atoms with Crippen molar-refractivity contribution in [3.63, 3.8) is 0 Å². The van der Waals surface area contributed by atoms with E-state index < -0.39 is 11.5 Å². The molecule has 0 radical (unpaired) electrons. The summed E-state index contributed by atoms with van der Waals surface area (Å²) >= 11 is 0. The number of imidazole rings is 1. The van der Waals surface area contributed by atoms with Crippen molar-refractivity contribution in [2.24, 2.45) is 10.9 Å². The number of benzene rings is 1. The highest BCUT2D eigenvalue weighted by Gasteiger charge is 2.45. The predicted octanol–water partition coefficient (Wildman–Crippen LogP) is 4.62. The predicted molar refractivity (Wildman–Crippen MR) is 131 cm³/mol. The Morgan fingerprint density at radius 2 is 1.78 bits per heavy atom. The first-order chi connectivity index (χ1) is 14.9. The lowest BCUT2D eigenvalue weighted by molar-refractivity contribution is -0.119. The molecule has 0 saturated carbocycles. The maximum Gasteiger partial charge on any atom is 0.191 e. The Morgan fingerprint density at radius 3 is 2.44 bits per heavy atom. The average molecular weight is 455 g/mol. The first kappa shape index (κ1) is 24.1. The zero-order valence-electron chi connectivity index (χ0n) is 19.1. The number of carbonyl (C=O) groups is 2. The molecule has 0 bridgehead atoms. The van der Waals surface area contributed by atoms with E-state index in [9.17, 15) is 9.59 Å². The number of dihydropyridines is 1. The summed E-state index contributed by atoms with van der Waals surface area (Å²) in [5.41, 5.74) is 2.41. The smallest absolute Gasteiger partial charge is 0.191 e. The van der Waals surface area contributed by atoms with Gasteiger partial charge in [-0.3, -0.25) is 14.6 Å². The van der Waals surface area contributed by atoms with E-state index in [1.165, 1.54) is 0 Å². The number of hydrogen-bond donors (Lipinski definition) is 1. The van der Waals surface area contributed by atoms with Gasteiger partial charge in [-0.2, -0.15) is 0 Å². The van der Waals surface area contributed by atoms with Crippen LogP contribution >= 0.6 is 12.4 Å². The number of aliphatic imine (C=N–C) groups is 1. The lowest BCUT2D eigenvalue weighted by Crippen LogP contribution is -2.41. The van der Waals surface area contributed by atoms with Gasteiger partial charge < -0.3 is 9.88 Å². The number of nitrogens with zero attached hydrogens (tertiary/aromatic N) is 3. The molecule has 1 aliphatic heterocycles. The monoisotopic (exact) mass is 454 g/mol. The fourth-order valence-electron chi connectivity index (χ4n) is 4.46. The Labute approximate surface area is 195 Å². The number of allylic oxidation sites excluding steroid dienone is 1. The van der Waals surface area contributed by atoms with Gasteiger partial charge in [-0.25, -0.2) is 4.98 Å². The third-order valence-electron chi connectivity index (χ3n) is 6.39. The van der Waals surface area contributed by atoms with E-state index >= 15 is 0 Å². The highest BCUT2D eigenvalue weighted by atomic mass is 35.5. The molecule has 0 fully saturated rings. The molecule has 1 aromatic heterocycles. The van der Waals surface area contributed by atoms with E-state index in [1.54, 1.807) is 6.21 Å². The van der Waals surface area contributed by atoms with Crippen LogP contribution in [-0.2, 0) is 4.79 Å². The Balaban J connectivity index is 0.00000289. The second kappa shape index (κ2) is 9.51. The van der Waals surface area contributed by atoms with Gasteiger partial charge in [0.25, 0.3) is 0 Å².